The topological polar surface area (TPSA) is 67.9 Å². The van der Waals surface area contributed by atoms with E-state index in [1.54, 1.807) is 17.0 Å². The Labute approximate surface area is 267 Å². The third kappa shape index (κ3) is 8.66. The van der Waals surface area contributed by atoms with Crippen molar-refractivity contribution in [3.8, 4) is 0 Å². The Balaban J connectivity index is 1.20. The van der Waals surface area contributed by atoms with Crippen molar-refractivity contribution in [1.82, 2.24) is 20.0 Å². The molecule has 2 N–H and O–H groups in total. The number of piperidine rings is 1. The zero-order valence-electron chi connectivity index (χ0n) is 26.3. The molecule has 1 aliphatic heterocycles. The van der Waals surface area contributed by atoms with Gasteiger partial charge in [0.2, 0.25) is 5.91 Å². The molecular weight excluding hydrogens is 577 g/mol. The number of halogens is 2. The van der Waals surface area contributed by atoms with Crippen molar-refractivity contribution < 1.29 is 14.0 Å². The number of amides is 3. The SMILES string of the molecule is CN(C)C(=O)N(C1CCCCC1)C1CCN(C(=O)[C@@H](Cc2ccc(Cl)cc2)N[C@H]2CC[C@@H](Nc3ccc(F)cc3)CC2)CC1. The Kier molecular flexibility index (Phi) is 11.4. The molecule has 1 heterocycles. The monoisotopic (exact) mass is 625 g/mol. The van der Waals surface area contributed by atoms with Crippen molar-refractivity contribution in [1.29, 1.82) is 0 Å². The molecule has 0 bridgehead atoms. The zero-order valence-corrected chi connectivity index (χ0v) is 27.1. The Morgan fingerprint density at radius 1 is 0.841 bits per heavy atom. The first-order valence-electron chi connectivity index (χ1n) is 16.6. The quantitative estimate of drug-likeness (QED) is 0.325. The van der Waals surface area contributed by atoms with E-state index in [2.05, 4.69) is 15.5 Å². The van der Waals surface area contributed by atoms with Crippen LogP contribution in [0.2, 0.25) is 5.02 Å². The maximum atomic E-state index is 14.1. The number of anilines is 1. The van der Waals surface area contributed by atoms with Crippen LogP contribution < -0.4 is 10.6 Å². The van der Waals surface area contributed by atoms with Gasteiger partial charge in [0.05, 0.1) is 6.04 Å². The first kappa shape index (κ1) is 32.6. The Morgan fingerprint density at radius 3 is 2.05 bits per heavy atom. The molecule has 7 nitrogen and oxygen atoms in total. The number of rotatable bonds is 9. The molecule has 240 valence electrons. The van der Waals surface area contributed by atoms with E-state index in [-0.39, 0.29) is 35.9 Å². The average molecular weight is 626 g/mol. The third-order valence-corrected chi connectivity index (χ3v) is 10.0. The minimum absolute atomic E-state index is 0.105. The highest BCUT2D eigenvalue weighted by Crippen LogP contribution is 2.29. The zero-order chi connectivity index (χ0) is 31.1. The molecule has 44 heavy (non-hydrogen) atoms. The molecule has 9 heteroatoms. The molecule has 2 saturated carbocycles. The van der Waals surface area contributed by atoms with Gasteiger partial charge in [-0.2, -0.15) is 0 Å². The van der Waals surface area contributed by atoms with Crippen LogP contribution in [0, 0.1) is 5.82 Å². The fourth-order valence-corrected chi connectivity index (χ4v) is 7.46. The van der Waals surface area contributed by atoms with E-state index in [1.807, 2.05) is 43.3 Å². The van der Waals surface area contributed by atoms with Crippen LogP contribution in [0.5, 0.6) is 0 Å². The molecule has 2 aromatic rings. The number of nitrogens with one attached hydrogen (secondary N) is 2. The number of hydrogen-bond donors (Lipinski definition) is 2. The van der Waals surface area contributed by atoms with Crippen LogP contribution in [0.15, 0.2) is 48.5 Å². The van der Waals surface area contributed by atoms with Crippen LogP contribution in [0.25, 0.3) is 0 Å². The van der Waals surface area contributed by atoms with Gasteiger partial charge in [-0.3, -0.25) is 4.79 Å². The number of carbonyl (C=O) groups excluding carboxylic acids is 2. The second kappa shape index (κ2) is 15.4. The van der Waals surface area contributed by atoms with Crippen LogP contribution in [0.4, 0.5) is 14.9 Å². The van der Waals surface area contributed by atoms with Crippen molar-refractivity contribution >= 4 is 29.2 Å². The van der Waals surface area contributed by atoms with E-state index >= 15 is 0 Å². The Morgan fingerprint density at radius 2 is 1.43 bits per heavy atom. The Hall–Kier alpha value is -2.84. The van der Waals surface area contributed by atoms with Gasteiger partial charge in [0, 0.05) is 62.1 Å². The van der Waals surface area contributed by atoms with Crippen LogP contribution in [0.1, 0.15) is 76.2 Å². The molecule has 0 unspecified atom stereocenters. The second-order valence-electron chi connectivity index (χ2n) is 13.2. The number of nitrogens with zero attached hydrogens (tertiary/aromatic N) is 3. The van der Waals surface area contributed by atoms with Gasteiger partial charge >= 0.3 is 6.03 Å². The van der Waals surface area contributed by atoms with Crippen molar-refractivity contribution in [2.45, 2.75) is 107 Å². The maximum Gasteiger partial charge on any atom is 0.319 e. The molecule has 0 aromatic heterocycles. The van der Waals surface area contributed by atoms with E-state index < -0.39 is 0 Å². The van der Waals surface area contributed by atoms with Gasteiger partial charge in [0.1, 0.15) is 5.82 Å². The maximum absolute atomic E-state index is 14.1. The molecular formula is C35H49ClFN5O2. The molecule has 1 saturated heterocycles. The fourth-order valence-electron chi connectivity index (χ4n) is 7.33. The summed E-state index contributed by atoms with van der Waals surface area (Å²) in [6.45, 7) is 1.33. The van der Waals surface area contributed by atoms with Crippen molar-refractivity contribution in [3.05, 3.63) is 64.9 Å². The van der Waals surface area contributed by atoms with Crippen LogP contribution in [-0.4, -0.2) is 84.0 Å². The van der Waals surface area contributed by atoms with Crippen molar-refractivity contribution in [3.63, 3.8) is 0 Å². The van der Waals surface area contributed by atoms with Gasteiger partial charge < -0.3 is 25.3 Å². The van der Waals surface area contributed by atoms with Crippen LogP contribution in [0.3, 0.4) is 0 Å². The summed E-state index contributed by atoms with van der Waals surface area (Å²) in [5, 5.41) is 7.98. The minimum Gasteiger partial charge on any atom is -0.382 e. The average Bonchev–Trinajstić information content (AvgIpc) is 3.04. The summed E-state index contributed by atoms with van der Waals surface area (Å²) in [6.07, 6.45) is 11.9. The molecule has 3 aliphatic rings. The third-order valence-electron chi connectivity index (χ3n) is 9.77. The smallest absolute Gasteiger partial charge is 0.319 e. The van der Waals surface area contributed by atoms with Gasteiger partial charge in [-0.25, -0.2) is 9.18 Å². The molecule has 3 amide bonds. The van der Waals surface area contributed by atoms with Gasteiger partial charge in [0.15, 0.2) is 0 Å². The van der Waals surface area contributed by atoms with E-state index in [0.717, 1.165) is 62.6 Å². The molecule has 5 rings (SSSR count). The first-order valence-corrected chi connectivity index (χ1v) is 17.0. The van der Waals surface area contributed by atoms with E-state index in [0.29, 0.717) is 36.6 Å². The highest BCUT2D eigenvalue weighted by molar-refractivity contribution is 6.30. The highest BCUT2D eigenvalue weighted by atomic mass is 35.5. The number of likely N-dealkylation sites (tertiary alicyclic amines) is 1. The number of carbonyl (C=O) groups is 2. The van der Waals surface area contributed by atoms with Crippen molar-refractivity contribution in [2.24, 2.45) is 0 Å². The summed E-state index contributed by atoms with van der Waals surface area (Å²) in [5.74, 6) is -0.0826. The predicted octanol–water partition coefficient (Wildman–Crippen LogP) is 6.71. The lowest BCUT2D eigenvalue weighted by molar-refractivity contribution is -0.135. The van der Waals surface area contributed by atoms with Crippen molar-refractivity contribution in [2.75, 3.05) is 32.5 Å². The summed E-state index contributed by atoms with van der Waals surface area (Å²) >= 11 is 6.16. The molecule has 0 radical (unpaired) electrons. The summed E-state index contributed by atoms with van der Waals surface area (Å²) < 4.78 is 13.3. The van der Waals surface area contributed by atoms with Crippen LogP contribution in [-0.2, 0) is 11.2 Å². The molecule has 1 atom stereocenters. The normalized spacial score (nSPS) is 22.3. The summed E-state index contributed by atoms with van der Waals surface area (Å²) in [5.41, 5.74) is 2.03. The van der Waals surface area contributed by atoms with E-state index in [9.17, 15) is 14.0 Å². The number of benzene rings is 2. The van der Waals surface area contributed by atoms with Gasteiger partial charge in [-0.05, 0) is 99.7 Å². The molecule has 2 aromatic carbocycles. The van der Waals surface area contributed by atoms with Crippen LogP contribution >= 0.6 is 11.6 Å². The molecule has 2 aliphatic carbocycles. The predicted molar refractivity (Wildman–Crippen MR) is 176 cm³/mol. The minimum atomic E-state index is -0.322. The van der Waals surface area contributed by atoms with E-state index in [1.165, 1.54) is 31.4 Å². The Bertz CT molecular complexity index is 1200. The lowest BCUT2D eigenvalue weighted by atomic mass is 9.89. The number of urea groups is 1. The van der Waals surface area contributed by atoms with Gasteiger partial charge in [-0.15, -0.1) is 0 Å². The standard InChI is InChI=1S/C35H49ClFN5O2/c1-40(2)35(44)42(31-6-4-3-5-7-31)32-20-22-41(23-21-32)34(43)33(24-25-8-10-26(36)11-9-25)39-30-18-16-29(17-19-30)38-28-14-12-27(37)13-15-28/h8-15,29-33,38-39H,3-7,16-24H2,1-2H3/t29-,30+,33-/m1/s1. The largest absolute Gasteiger partial charge is 0.382 e. The van der Waals surface area contributed by atoms with Gasteiger partial charge in [-0.1, -0.05) is 43.0 Å². The van der Waals surface area contributed by atoms with Gasteiger partial charge in [0.25, 0.3) is 0 Å². The highest BCUT2D eigenvalue weighted by Gasteiger charge is 2.37. The molecule has 0 spiro atoms. The summed E-state index contributed by atoms with van der Waals surface area (Å²) in [4.78, 5) is 33.3. The second-order valence-corrected chi connectivity index (χ2v) is 13.6. The summed E-state index contributed by atoms with van der Waals surface area (Å²) in [7, 11) is 3.69. The lowest BCUT2D eigenvalue weighted by Gasteiger charge is -2.45. The fraction of sp³-hybridized carbons (Fsp3) is 0.600. The summed E-state index contributed by atoms with van der Waals surface area (Å²) in [6, 6.07) is 15.2. The van der Waals surface area contributed by atoms with E-state index in [4.69, 9.17) is 11.6 Å². The lowest BCUT2D eigenvalue weighted by Crippen LogP contribution is -2.58. The number of hydrogen-bond acceptors (Lipinski definition) is 4. The first-order chi connectivity index (χ1) is 21.3. The molecule has 3 fully saturated rings.